The highest BCUT2D eigenvalue weighted by Gasteiger charge is 2.05. The summed E-state index contributed by atoms with van der Waals surface area (Å²) >= 11 is 0. The Balaban J connectivity index is 2.67. The zero-order valence-electron chi connectivity index (χ0n) is 13.0. The van der Waals surface area contributed by atoms with Gasteiger partial charge in [0.2, 0.25) is 5.91 Å². The molecule has 0 unspecified atom stereocenters. The maximum atomic E-state index is 11.6. The van der Waals surface area contributed by atoms with Crippen LogP contribution in [0.3, 0.4) is 0 Å². The van der Waals surface area contributed by atoms with Crippen LogP contribution in [0.2, 0.25) is 0 Å². The molecule has 21 heavy (non-hydrogen) atoms. The Bertz CT molecular complexity index is 509. The molecule has 0 aromatic heterocycles. The smallest absolute Gasteiger partial charge is 0.241 e. The molecule has 0 bridgehead atoms. The van der Waals surface area contributed by atoms with E-state index in [4.69, 9.17) is 0 Å². The van der Waals surface area contributed by atoms with E-state index in [9.17, 15) is 4.79 Å². The van der Waals surface area contributed by atoms with Gasteiger partial charge < -0.3 is 15.5 Å². The van der Waals surface area contributed by atoms with Crippen molar-refractivity contribution in [3.8, 4) is 0 Å². The zero-order chi connectivity index (χ0) is 15.7. The average molecular weight is 288 g/mol. The summed E-state index contributed by atoms with van der Waals surface area (Å²) in [7, 11) is 3.46. The molecule has 0 atom stereocenters. The molecule has 0 saturated carbocycles. The lowest BCUT2D eigenvalue weighted by molar-refractivity contribution is -0.127. The molecule has 0 aliphatic heterocycles. The van der Waals surface area contributed by atoms with Crippen LogP contribution in [0.25, 0.3) is 0 Å². The van der Waals surface area contributed by atoms with Crippen molar-refractivity contribution in [3.63, 3.8) is 0 Å². The summed E-state index contributed by atoms with van der Waals surface area (Å²) in [5.41, 5.74) is 2.37. The van der Waals surface area contributed by atoms with Crippen molar-refractivity contribution in [1.29, 1.82) is 0 Å². The fourth-order valence-corrected chi connectivity index (χ4v) is 1.61. The third-order valence-electron chi connectivity index (χ3n) is 2.99. The normalized spacial score (nSPS) is 10.9. The number of nitrogens with one attached hydrogen (secondary N) is 2. The topological polar surface area (TPSA) is 56.7 Å². The monoisotopic (exact) mass is 288 g/mol. The van der Waals surface area contributed by atoms with Crippen molar-refractivity contribution in [2.75, 3.05) is 27.2 Å². The Kier molecular flexibility index (Phi) is 7.01. The Labute approximate surface area is 126 Å². The minimum Gasteiger partial charge on any atom is -0.353 e. The molecule has 5 nitrogen and oxygen atoms in total. The molecule has 0 spiro atoms. The van der Waals surface area contributed by atoms with E-state index in [-0.39, 0.29) is 12.5 Å². The predicted molar refractivity (Wildman–Crippen MR) is 87.2 cm³/mol. The summed E-state index contributed by atoms with van der Waals surface area (Å²) in [6.45, 7) is 7.10. The van der Waals surface area contributed by atoms with Crippen LogP contribution in [-0.2, 0) is 11.3 Å². The maximum absolute atomic E-state index is 11.6. The number of rotatable bonds is 6. The van der Waals surface area contributed by atoms with Crippen LogP contribution >= 0.6 is 0 Å². The number of amides is 1. The molecule has 1 aromatic carbocycles. The fourth-order valence-electron chi connectivity index (χ4n) is 1.61. The van der Waals surface area contributed by atoms with Crippen LogP contribution < -0.4 is 10.6 Å². The first-order chi connectivity index (χ1) is 10.0. The Morgan fingerprint density at radius 3 is 2.67 bits per heavy atom. The first-order valence-electron chi connectivity index (χ1n) is 6.92. The molecule has 0 aliphatic carbocycles. The number of carbonyl (C=O) groups excluding carboxylic acids is 1. The van der Waals surface area contributed by atoms with Gasteiger partial charge in [0.25, 0.3) is 0 Å². The van der Waals surface area contributed by atoms with Gasteiger partial charge in [0, 0.05) is 20.6 Å². The van der Waals surface area contributed by atoms with Gasteiger partial charge in [-0.1, -0.05) is 30.3 Å². The summed E-state index contributed by atoms with van der Waals surface area (Å²) in [4.78, 5) is 17.7. The van der Waals surface area contributed by atoms with Crippen LogP contribution in [0.5, 0.6) is 0 Å². The van der Waals surface area contributed by atoms with Crippen LogP contribution in [0, 0.1) is 6.92 Å². The Morgan fingerprint density at radius 2 is 2.05 bits per heavy atom. The van der Waals surface area contributed by atoms with Gasteiger partial charge in [-0.25, -0.2) is 4.99 Å². The second-order valence-corrected chi connectivity index (χ2v) is 4.90. The van der Waals surface area contributed by atoms with Crippen molar-refractivity contribution in [3.05, 3.63) is 48.0 Å². The third-order valence-corrected chi connectivity index (χ3v) is 2.99. The number of nitrogens with zero attached hydrogens (tertiary/aromatic N) is 2. The summed E-state index contributed by atoms with van der Waals surface area (Å²) in [6.07, 6.45) is 1.75. The van der Waals surface area contributed by atoms with Gasteiger partial charge in [0.05, 0.1) is 13.1 Å². The first-order valence-corrected chi connectivity index (χ1v) is 6.92. The number of guanidine groups is 1. The number of aryl methyl sites for hydroxylation is 1. The lowest BCUT2D eigenvalue weighted by atomic mass is 10.1. The van der Waals surface area contributed by atoms with E-state index in [0.717, 1.165) is 5.56 Å². The summed E-state index contributed by atoms with van der Waals surface area (Å²) < 4.78 is 0. The maximum Gasteiger partial charge on any atom is 0.241 e. The summed E-state index contributed by atoms with van der Waals surface area (Å²) in [5.74, 6) is 0.604. The Hall–Kier alpha value is -2.30. The summed E-state index contributed by atoms with van der Waals surface area (Å²) in [5, 5.41) is 6.13. The minimum atomic E-state index is -0.000931. The van der Waals surface area contributed by atoms with Crippen molar-refractivity contribution < 1.29 is 4.79 Å². The van der Waals surface area contributed by atoms with E-state index in [1.165, 1.54) is 5.56 Å². The summed E-state index contributed by atoms with van der Waals surface area (Å²) in [6, 6.07) is 8.12. The van der Waals surface area contributed by atoms with Crippen LogP contribution in [-0.4, -0.2) is 44.0 Å². The van der Waals surface area contributed by atoms with Gasteiger partial charge in [-0.15, -0.1) is 6.58 Å². The van der Waals surface area contributed by atoms with Gasteiger partial charge in [0.1, 0.15) is 0 Å². The highest BCUT2D eigenvalue weighted by molar-refractivity contribution is 5.86. The molecule has 0 saturated heterocycles. The average Bonchev–Trinajstić information content (AvgIpc) is 2.47. The van der Waals surface area contributed by atoms with Gasteiger partial charge >= 0.3 is 0 Å². The van der Waals surface area contributed by atoms with Crippen LogP contribution in [0.4, 0.5) is 0 Å². The lowest BCUT2D eigenvalue weighted by Gasteiger charge is -2.14. The number of likely N-dealkylation sites (N-methyl/N-ethyl adjacent to an activating group) is 1. The van der Waals surface area contributed by atoms with Crippen LogP contribution in [0.1, 0.15) is 11.1 Å². The van der Waals surface area contributed by atoms with Gasteiger partial charge in [-0.3, -0.25) is 4.79 Å². The molecule has 0 radical (unpaired) electrons. The highest BCUT2D eigenvalue weighted by Crippen LogP contribution is 2.07. The SMILES string of the molecule is C=CCNC(=NCc1ccccc1C)NCC(=O)N(C)C. The fraction of sp³-hybridized carbons (Fsp3) is 0.375. The molecule has 5 heteroatoms. The molecule has 0 aliphatic rings. The second-order valence-electron chi connectivity index (χ2n) is 4.90. The van der Waals surface area contributed by atoms with E-state index in [0.29, 0.717) is 19.0 Å². The molecule has 114 valence electrons. The third kappa shape index (κ3) is 6.12. The molecule has 1 aromatic rings. The molecule has 0 heterocycles. The van der Waals surface area contributed by atoms with Crippen molar-refractivity contribution in [1.82, 2.24) is 15.5 Å². The van der Waals surface area contributed by atoms with Gasteiger partial charge in [-0.05, 0) is 18.1 Å². The Morgan fingerprint density at radius 1 is 1.33 bits per heavy atom. The molecule has 0 fully saturated rings. The van der Waals surface area contributed by atoms with Crippen LogP contribution in [0.15, 0.2) is 41.9 Å². The van der Waals surface area contributed by atoms with Crippen molar-refractivity contribution in [2.45, 2.75) is 13.5 Å². The lowest BCUT2D eigenvalue weighted by Crippen LogP contribution is -2.43. The number of aliphatic imine (C=N–C) groups is 1. The molecule has 1 amide bonds. The number of benzene rings is 1. The highest BCUT2D eigenvalue weighted by atomic mass is 16.2. The molecule has 1 rings (SSSR count). The van der Waals surface area contributed by atoms with E-state index in [1.54, 1.807) is 25.1 Å². The first kappa shape index (κ1) is 16.8. The van der Waals surface area contributed by atoms with E-state index >= 15 is 0 Å². The van der Waals surface area contributed by atoms with Gasteiger partial charge in [0.15, 0.2) is 5.96 Å². The van der Waals surface area contributed by atoms with Gasteiger partial charge in [-0.2, -0.15) is 0 Å². The number of hydrogen-bond donors (Lipinski definition) is 2. The molecular formula is C16H24N4O. The van der Waals surface area contributed by atoms with Crippen molar-refractivity contribution >= 4 is 11.9 Å². The molecular weight excluding hydrogens is 264 g/mol. The number of carbonyl (C=O) groups is 1. The minimum absolute atomic E-state index is 0.000931. The van der Waals surface area contributed by atoms with E-state index in [2.05, 4.69) is 41.3 Å². The standard InChI is InChI=1S/C16H24N4O/c1-5-10-17-16(19-12-15(21)20(3)4)18-11-14-9-7-6-8-13(14)2/h5-9H,1,10-12H2,2-4H3,(H2,17,18,19). The van der Waals surface area contributed by atoms with E-state index < -0.39 is 0 Å². The number of hydrogen-bond acceptors (Lipinski definition) is 2. The quantitative estimate of drug-likeness (QED) is 0.471. The largest absolute Gasteiger partial charge is 0.353 e. The molecule has 2 N–H and O–H groups in total. The van der Waals surface area contributed by atoms with Crippen molar-refractivity contribution in [2.24, 2.45) is 4.99 Å². The zero-order valence-corrected chi connectivity index (χ0v) is 13.0. The predicted octanol–water partition coefficient (Wildman–Crippen LogP) is 1.30. The van der Waals surface area contributed by atoms with E-state index in [1.807, 2.05) is 12.1 Å². The second kappa shape index (κ2) is 8.79.